The van der Waals surface area contributed by atoms with Crippen molar-refractivity contribution >= 4 is 16.6 Å². The van der Waals surface area contributed by atoms with Gasteiger partial charge >= 0.3 is 6.36 Å². The molecular formula is C26H27F5N4O2. The first-order chi connectivity index (χ1) is 17.5. The average Bonchev–Trinajstić information content (AvgIpc) is 3.69. The molecule has 37 heavy (non-hydrogen) atoms. The Balaban J connectivity index is 1.68. The van der Waals surface area contributed by atoms with Crippen LogP contribution in [0.5, 0.6) is 5.75 Å². The maximum atomic E-state index is 16.5. The van der Waals surface area contributed by atoms with Gasteiger partial charge in [-0.05, 0) is 61.2 Å². The first-order valence-corrected chi connectivity index (χ1v) is 12.4. The Kier molecular flexibility index (Phi) is 5.47. The number of hydrogen-bond acceptors (Lipinski definition) is 5. The highest BCUT2D eigenvalue weighted by molar-refractivity contribution is 5.93. The number of pyridine rings is 1. The number of benzene rings is 1. The van der Waals surface area contributed by atoms with E-state index in [9.17, 15) is 22.7 Å². The van der Waals surface area contributed by atoms with Crippen molar-refractivity contribution in [3.8, 4) is 17.0 Å². The molecule has 1 saturated heterocycles. The Bertz CT molecular complexity index is 1400. The van der Waals surface area contributed by atoms with Gasteiger partial charge in [-0.1, -0.05) is 13.8 Å². The molecule has 2 aromatic heterocycles. The van der Waals surface area contributed by atoms with Crippen LogP contribution in [0.25, 0.3) is 22.2 Å². The van der Waals surface area contributed by atoms with Crippen molar-refractivity contribution in [3.63, 3.8) is 0 Å². The molecule has 6 nitrogen and oxygen atoms in total. The van der Waals surface area contributed by atoms with E-state index in [0.29, 0.717) is 34.7 Å². The van der Waals surface area contributed by atoms with Crippen LogP contribution in [-0.4, -0.2) is 34.1 Å². The van der Waals surface area contributed by atoms with E-state index in [-0.39, 0.29) is 35.7 Å². The van der Waals surface area contributed by atoms with Gasteiger partial charge in [-0.2, -0.15) is 0 Å². The van der Waals surface area contributed by atoms with Crippen LogP contribution >= 0.6 is 0 Å². The Hall–Kier alpha value is -2.92. The summed E-state index contributed by atoms with van der Waals surface area (Å²) in [5, 5.41) is 14.4. The molecular weight excluding hydrogens is 495 g/mol. The summed E-state index contributed by atoms with van der Waals surface area (Å²) in [5.41, 5.74) is 6.77. The van der Waals surface area contributed by atoms with Crippen LogP contribution in [0.1, 0.15) is 61.5 Å². The molecule has 0 radical (unpaired) electrons. The quantitative estimate of drug-likeness (QED) is 0.300. The zero-order valence-electron chi connectivity index (χ0n) is 20.3. The number of fused-ring (bicyclic) bond motifs is 2. The fourth-order valence-corrected chi connectivity index (χ4v) is 6.18. The fourth-order valence-electron chi connectivity index (χ4n) is 6.18. The van der Waals surface area contributed by atoms with Gasteiger partial charge in [0.2, 0.25) is 0 Å². The fraction of sp³-hybridized carbons (Fsp3) is 0.500. The van der Waals surface area contributed by atoms with E-state index in [1.807, 2.05) is 13.8 Å². The smallest absolute Gasteiger partial charge is 0.402 e. The highest BCUT2D eigenvalue weighted by Crippen LogP contribution is 2.60. The van der Waals surface area contributed by atoms with Crippen molar-refractivity contribution in [2.75, 3.05) is 18.8 Å². The number of nitrogens with zero attached hydrogens (tertiary/aromatic N) is 2. The summed E-state index contributed by atoms with van der Waals surface area (Å²) in [6.45, 7) is 5.10. The summed E-state index contributed by atoms with van der Waals surface area (Å²) < 4.78 is 76.6. The molecule has 198 valence electrons. The Morgan fingerprint density at radius 1 is 1.19 bits per heavy atom. The summed E-state index contributed by atoms with van der Waals surface area (Å²) in [6, 6.07) is 1.70. The maximum absolute atomic E-state index is 16.5. The number of ether oxygens (including phenoxy) is 1. The van der Waals surface area contributed by atoms with E-state index in [4.69, 9.17) is 5.73 Å². The van der Waals surface area contributed by atoms with Crippen molar-refractivity contribution in [2.45, 2.75) is 57.5 Å². The molecule has 2 aliphatic carbocycles. The molecule has 2 saturated carbocycles. The number of rotatable bonds is 6. The lowest BCUT2D eigenvalue weighted by Crippen LogP contribution is -2.19. The summed E-state index contributed by atoms with van der Waals surface area (Å²) in [7, 11) is 0. The topological polar surface area (TPSA) is 85.3 Å². The molecule has 0 amide bonds. The number of alkyl halides is 3. The lowest BCUT2D eigenvalue weighted by molar-refractivity contribution is -0.275. The summed E-state index contributed by atoms with van der Waals surface area (Å²) >= 11 is 0. The highest BCUT2D eigenvalue weighted by atomic mass is 19.4. The van der Waals surface area contributed by atoms with Crippen LogP contribution in [0.2, 0.25) is 0 Å². The van der Waals surface area contributed by atoms with Gasteiger partial charge in [0, 0.05) is 28.9 Å². The van der Waals surface area contributed by atoms with Crippen molar-refractivity contribution in [3.05, 3.63) is 40.7 Å². The van der Waals surface area contributed by atoms with E-state index < -0.39 is 35.0 Å². The number of anilines is 1. The first kappa shape index (κ1) is 24.4. The van der Waals surface area contributed by atoms with E-state index in [2.05, 4.69) is 15.0 Å². The third-order valence-corrected chi connectivity index (χ3v) is 7.83. The normalized spacial score (nSPS) is 23.2. The van der Waals surface area contributed by atoms with E-state index in [1.54, 1.807) is 4.57 Å². The van der Waals surface area contributed by atoms with Gasteiger partial charge in [0.25, 0.3) is 0 Å². The SMILES string of the molecule is CC(C)c1nc(-c2cc(N)cc(F)c2OC(F)(F)F)c(F)c2c1c(C1C3CNCC31)c(CO)n2C1CC1. The van der Waals surface area contributed by atoms with Crippen LogP contribution in [0, 0.1) is 23.5 Å². The van der Waals surface area contributed by atoms with E-state index >= 15 is 4.39 Å². The van der Waals surface area contributed by atoms with Crippen LogP contribution in [0.3, 0.4) is 0 Å². The molecule has 2 atom stereocenters. The first-order valence-electron chi connectivity index (χ1n) is 12.4. The third-order valence-electron chi connectivity index (χ3n) is 7.83. The van der Waals surface area contributed by atoms with Crippen molar-refractivity contribution in [1.29, 1.82) is 0 Å². The highest BCUT2D eigenvalue weighted by Gasteiger charge is 2.56. The number of nitrogens with one attached hydrogen (secondary N) is 1. The molecule has 3 heterocycles. The number of aliphatic hydroxyl groups excluding tert-OH is 1. The standard InChI is InChI=1S/C26H27F5N4O2/c1-10(2)22-20-19(18-14-7-33-8-15(14)18)17(9-36)35(12-3-4-12)24(20)21(28)23(34-22)13-5-11(32)6-16(27)25(13)37-26(29,30)31/h5-6,10,12,14-15,18,33,36H,3-4,7-9,32H2,1-2H3. The van der Waals surface area contributed by atoms with Crippen LogP contribution in [0.4, 0.5) is 27.6 Å². The minimum atomic E-state index is -5.21. The number of aliphatic hydroxyl groups is 1. The lowest BCUT2D eigenvalue weighted by Gasteiger charge is -2.18. The molecule has 0 bridgehead atoms. The molecule has 4 N–H and O–H groups in total. The summed E-state index contributed by atoms with van der Waals surface area (Å²) in [4.78, 5) is 4.52. The number of hydrogen-bond donors (Lipinski definition) is 3. The summed E-state index contributed by atoms with van der Waals surface area (Å²) in [5.74, 6) is -2.78. The molecule has 3 aliphatic rings. The van der Waals surface area contributed by atoms with E-state index in [1.165, 1.54) is 0 Å². The molecule has 3 fully saturated rings. The second-order valence-corrected chi connectivity index (χ2v) is 10.6. The van der Waals surface area contributed by atoms with Crippen molar-refractivity contribution < 1.29 is 31.8 Å². The monoisotopic (exact) mass is 522 g/mol. The maximum Gasteiger partial charge on any atom is 0.573 e. The van der Waals surface area contributed by atoms with Crippen LogP contribution in [-0.2, 0) is 6.61 Å². The predicted molar refractivity (Wildman–Crippen MR) is 127 cm³/mol. The second kappa shape index (κ2) is 8.29. The lowest BCUT2D eigenvalue weighted by atomic mass is 9.95. The molecule has 6 rings (SSSR count). The molecule has 0 spiro atoms. The Labute approximate surface area is 209 Å². The Morgan fingerprint density at radius 3 is 2.43 bits per heavy atom. The van der Waals surface area contributed by atoms with Crippen molar-refractivity contribution in [2.24, 2.45) is 11.8 Å². The van der Waals surface area contributed by atoms with Gasteiger partial charge in [-0.15, -0.1) is 13.2 Å². The van der Waals surface area contributed by atoms with Gasteiger partial charge < -0.3 is 25.5 Å². The molecule has 1 aliphatic heterocycles. The molecule has 2 unspecified atom stereocenters. The van der Waals surface area contributed by atoms with Crippen LogP contribution in [0.15, 0.2) is 12.1 Å². The average molecular weight is 523 g/mol. The van der Waals surface area contributed by atoms with Gasteiger partial charge in [0.1, 0.15) is 5.69 Å². The minimum absolute atomic E-state index is 0.0386. The number of halogens is 5. The number of aromatic nitrogens is 2. The minimum Gasteiger partial charge on any atom is -0.402 e. The predicted octanol–water partition coefficient (Wildman–Crippen LogP) is 5.35. The third kappa shape index (κ3) is 3.85. The van der Waals surface area contributed by atoms with E-state index in [0.717, 1.165) is 37.6 Å². The molecule has 1 aromatic carbocycles. The van der Waals surface area contributed by atoms with Crippen molar-refractivity contribution in [1.82, 2.24) is 14.9 Å². The number of nitrogens with two attached hydrogens (primary N) is 1. The zero-order chi connectivity index (χ0) is 26.4. The van der Waals surface area contributed by atoms with Gasteiger partial charge in [-0.25, -0.2) is 13.8 Å². The number of nitrogen functional groups attached to an aromatic ring is 1. The van der Waals surface area contributed by atoms with Gasteiger partial charge in [0.15, 0.2) is 17.4 Å². The summed E-state index contributed by atoms with van der Waals surface area (Å²) in [6.07, 6.45) is -3.63. The van der Waals surface area contributed by atoms with Gasteiger partial charge in [0.05, 0.1) is 23.4 Å². The van der Waals surface area contributed by atoms with Crippen LogP contribution < -0.4 is 15.8 Å². The second-order valence-electron chi connectivity index (χ2n) is 10.6. The number of piperidine rings is 1. The van der Waals surface area contributed by atoms with Gasteiger partial charge in [-0.3, -0.25) is 0 Å². The zero-order valence-corrected chi connectivity index (χ0v) is 20.3. The largest absolute Gasteiger partial charge is 0.573 e. The molecule has 3 aromatic rings. The Morgan fingerprint density at radius 2 is 1.86 bits per heavy atom. The molecule has 11 heteroatoms.